The molecule has 100 valence electrons. The molecule has 1 rings (SSSR count). The first-order chi connectivity index (χ1) is 8.65. The number of carbonyl (C=O) groups excluding carboxylic acids is 1. The van der Waals surface area contributed by atoms with Gasteiger partial charge in [-0.3, -0.25) is 0 Å². The molecular weight excluding hydrogens is 231 g/mol. The van der Waals surface area contributed by atoms with E-state index >= 15 is 0 Å². The van der Waals surface area contributed by atoms with Gasteiger partial charge in [0.25, 0.3) is 0 Å². The van der Waals surface area contributed by atoms with Gasteiger partial charge in [-0.25, -0.2) is 9.18 Å². The molecule has 0 saturated heterocycles. The van der Waals surface area contributed by atoms with Gasteiger partial charge >= 0.3 is 5.97 Å². The smallest absolute Gasteiger partial charge is 0.341 e. The van der Waals surface area contributed by atoms with E-state index in [-0.39, 0.29) is 5.56 Å². The summed E-state index contributed by atoms with van der Waals surface area (Å²) in [6.45, 7) is 4.34. The fourth-order valence-corrected chi connectivity index (χ4v) is 1.74. The van der Waals surface area contributed by atoms with Gasteiger partial charge in [0, 0.05) is 0 Å². The summed E-state index contributed by atoms with van der Waals surface area (Å²) in [5.41, 5.74) is 0.884. The Hall–Kier alpha value is -1.38. The van der Waals surface area contributed by atoms with Gasteiger partial charge in [0.1, 0.15) is 5.82 Å². The van der Waals surface area contributed by atoms with Crippen molar-refractivity contribution in [3.8, 4) is 0 Å². The number of carbonyl (C=O) groups is 1. The zero-order valence-electron chi connectivity index (χ0n) is 11.2. The van der Waals surface area contributed by atoms with Crippen LogP contribution in [0.1, 0.15) is 54.9 Å². The van der Waals surface area contributed by atoms with Gasteiger partial charge < -0.3 is 4.74 Å². The van der Waals surface area contributed by atoms with Gasteiger partial charge in [0.15, 0.2) is 0 Å². The summed E-state index contributed by atoms with van der Waals surface area (Å²) in [6, 6.07) is 4.46. The maximum Gasteiger partial charge on any atom is 0.341 e. The van der Waals surface area contributed by atoms with E-state index in [0.717, 1.165) is 24.8 Å². The SMILES string of the molecule is CCCCCCCOC(=O)c1cc(C)ccc1F. The largest absolute Gasteiger partial charge is 0.462 e. The number of aryl methyl sites for hydroxylation is 1. The number of ether oxygens (including phenoxy) is 1. The van der Waals surface area contributed by atoms with Crippen LogP contribution in [0, 0.1) is 12.7 Å². The average molecular weight is 252 g/mol. The van der Waals surface area contributed by atoms with E-state index in [4.69, 9.17) is 4.74 Å². The van der Waals surface area contributed by atoms with Crippen molar-refractivity contribution in [1.29, 1.82) is 0 Å². The fourth-order valence-electron chi connectivity index (χ4n) is 1.74. The summed E-state index contributed by atoms with van der Waals surface area (Å²) < 4.78 is 18.5. The van der Waals surface area contributed by atoms with Gasteiger partial charge in [-0.2, -0.15) is 0 Å². The lowest BCUT2D eigenvalue weighted by atomic mass is 10.1. The van der Waals surface area contributed by atoms with Gasteiger partial charge in [0.2, 0.25) is 0 Å². The summed E-state index contributed by atoms with van der Waals surface area (Å²) in [5.74, 6) is -1.08. The zero-order valence-corrected chi connectivity index (χ0v) is 11.2. The quantitative estimate of drug-likeness (QED) is 0.535. The monoisotopic (exact) mass is 252 g/mol. The third-order valence-electron chi connectivity index (χ3n) is 2.82. The van der Waals surface area contributed by atoms with Crippen molar-refractivity contribution in [3.63, 3.8) is 0 Å². The van der Waals surface area contributed by atoms with Gasteiger partial charge in [-0.05, 0) is 25.5 Å². The Bertz CT molecular complexity index is 388. The maximum absolute atomic E-state index is 13.4. The Balaban J connectivity index is 2.34. The molecule has 1 aromatic rings. The number of halogens is 1. The Kier molecular flexibility index (Phi) is 6.40. The first kappa shape index (κ1) is 14.7. The van der Waals surface area contributed by atoms with Gasteiger partial charge in [-0.1, -0.05) is 44.2 Å². The van der Waals surface area contributed by atoms with Crippen molar-refractivity contribution in [2.75, 3.05) is 6.61 Å². The minimum atomic E-state index is -0.563. The molecule has 0 unspecified atom stereocenters. The molecule has 0 bridgehead atoms. The van der Waals surface area contributed by atoms with Crippen LogP contribution >= 0.6 is 0 Å². The first-order valence-corrected chi connectivity index (χ1v) is 6.58. The molecule has 0 N–H and O–H groups in total. The number of benzene rings is 1. The van der Waals surface area contributed by atoms with Gasteiger partial charge in [-0.15, -0.1) is 0 Å². The minimum absolute atomic E-state index is 0.0311. The average Bonchev–Trinajstić information content (AvgIpc) is 2.36. The molecule has 1 aromatic carbocycles. The standard InChI is InChI=1S/C15H21FO2/c1-3-4-5-6-7-10-18-15(17)13-11-12(2)8-9-14(13)16/h8-9,11H,3-7,10H2,1-2H3. The molecule has 0 heterocycles. The van der Waals surface area contributed by atoms with Crippen LogP contribution in [0.25, 0.3) is 0 Å². The van der Waals surface area contributed by atoms with E-state index in [1.807, 2.05) is 6.92 Å². The molecule has 0 saturated carbocycles. The van der Waals surface area contributed by atoms with Crippen LogP contribution in [-0.2, 0) is 4.74 Å². The van der Waals surface area contributed by atoms with E-state index in [0.29, 0.717) is 6.61 Å². The van der Waals surface area contributed by atoms with Crippen molar-refractivity contribution in [2.45, 2.75) is 46.0 Å². The van der Waals surface area contributed by atoms with Crippen molar-refractivity contribution >= 4 is 5.97 Å². The van der Waals surface area contributed by atoms with Crippen LogP contribution < -0.4 is 0 Å². The lowest BCUT2D eigenvalue weighted by molar-refractivity contribution is 0.0492. The summed E-state index contributed by atoms with van der Waals surface area (Å²) in [6.07, 6.45) is 5.46. The zero-order chi connectivity index (χ0) is 13.4. The van der Waals surface area contributed by atoms with E-state index in [1.165, 1.54) is 25.0 Å². The number of rotatable bonds is 7. The Morgan fingerprint density at radius 1 is 1.22 bits per heavy atom. The Morgan fingerprint density at radius 2 is 1.94 bits per heavy atom. The molecule has 0 aliphatic heterocycles. The van der Waals surface area contributed by atoms with E-state index < -0.39 is 11.8 Å². The Labute approximate surface area is 108 Å². The second-order valence-corrected chi connectivity index (χ2v) is 4.53. The molecule has 2 nitrogen and oxygen atoms in total. The molecule has 0 amide bonds. The summed E-state index contributed by atoms with van der Waals surface area (Å²) in [4.78, 5) is 11.6. The Morgan fingerprint density at radius 3 is 2.67 bits per heavy atom. The second-order valence-electron chi connectivity index (χ2n) is 4.53. The van der Waals surface area contributed by atoms with E-state index in [2.05, 4.69) is 6.92 Å². The molecule has 18 heavy (non-hydrogen) atoms. The molecule has 0 aliphatic rings. The topological polar surface area (TPSA) is 26.3 Å². The number of hydrogen-bond acceptors (Lipinski definition) is 2. The molecule has 3 heteroatoms. The highest BCUT2D eigenvalue weighted by Crippen LogP contribution is 2.12. The molecule has 0 aromatic heterocycles. The van der Waals surface area contributed by atoms with Crippen LogP contribution in [0.4, 0.5) is 4.39 Å². The van der Waals surface area contributed by atoms with Crippen LogP contribution in [-0.4, -0.2) is 12.6 Å². The van der Waals surface area contributed by atoms with Crippen molar-refractivity contribution in [1.82, 2.24) is 0 Å². The van der Waals surface area contributed by atoms with Crippen LogP contribution in [0.15, 0.2) is 18.2 Å². The fraction of sp³-hybridized carbons (Fsp3) is 0.533. The van der Waals surface area contributed by atoms with Crippen LogP contribution in [0.5, 0.6) is 0 Å². The second kappa shape index (κ2) is 7.85. The predicted octanol–water partition coefficient (Wildman–Crippen LogP) is 4.26. The van der Waals surface area contributed by atoms with Crippen LogP contribution in [0.3, 0.4) is 0 Å². The first-order valence-electron chi connectivity index (χ1n) is 6.58. The highest BCUT2D eigenvalue weighted by Gasteiger charge is 2.12. The van der Waals surface area contributed by atoms with Crippen molar-refractivity contribution < 1.29 is 13.9 Å². The normalized spacial score (nSPS) is 10.4. The highest BCUT2D eigenvalue weighted by atomic mass is 19.1. The lowest BCUT2D eigenvalue weighted by Gasteiger charge is -2.06. The lowest BCUT2D eigenvalue weighted by Crippen LogP contribution is -2.09. The van der Waals surface area contributed by atoms with Crippen molar-refractivity contribution in [2.24, 2.45) is 0 Å². The summed E-state index contributed by atoms with van der Waals surface area (Å²) in [7, 11) is 0. The number of hydrogen-bond donors (Lipinski definition) is 0. The molecule has 0 aliphatic carbocycles. The van der Waals surface area contributed by atoms with Gasteiger partial charge in [0.05, 0.1) is 12.2 Å². The summed E-state index contributed by atoms with van der Waals surface area (Å²) >= 11 is 0. The van der Waals surface area contributed by atoms with Crippen LogP contribution in [0.2, 0.25) is 0 Å². The third-order valence-corrected chi connectivity index (χ3v) is 2.82. The number of esters is 1. The molecule has 0 radical (unpaired) electrons. The minimum Gasteiger partial charge on any atom is -0.462 e. The summed E-state index contributed by atoms with van der Waals surface area (Å²) in [5, 5.41) is 0. The highest BCUT2D eigenvalue weighted by molar-refractivity contribution is 5.89. The van der Waals surface area contributed by atoms with E-state index in [1.54, 1.807) is 6.07 Å². The molecular formula is C15H21FO2. The predicted molar refractivity (Wildman–Crippen MR) is 70.2 cm³/mol. The number of unbranched alkanes of at least 4 members (excludes halogenated alkanes) is 4. The molecule has 0 fully saturated rings. The molecule has 0 atom stereocenters. The van der Waals surface area contributed by atoms with Crippen molar-refractivity contribution in [3.05, 3.63) is 35.1 Å². The maximum atomic E-state index is 13.4. The third kappa shape index (κ3) is 4.86. The van der Waals surface area contributed by atoms with E-state index in [9.17, 15) is 9.18 Å². The molecule has 0 spiro atoms.